The number of unbranched alkanes of at least 4 members (excludes halogenated alkanes) is 4. The minimum absolute atomic E-state index is 0.0581. The second kappa shape index (κ2) is 9.55. The highest BCUT2D eigenvalue weighted by atomic mass is 32.2. The second-order valence-corrected chi connectivity index (χ2v) is 10.1. The number of ether oxygens (including phenoxy) is 1. The normalized spacial score (nSPS) is 29.8. The number of thioether (sulfide) groups is 1. The van der Waals surface area contributed by atoms with E-state index in [1.165, 1.54) is 19.3 Å². The first-order valence-electron chi connectivity index (χ1n) is 11.8. The lowest BCUT2D eigenvalue weighted by Gasteiger charge is -2.42. The van der Waals surface area contributed by atoms with Crippen LogP contribution in [0.2, 0.25) is 0 Å². The number of alkyl halides is 3. The monoisotopic (exact) mass is 470 g/mol. The Balaban J connectivity index is 1.70. The molecule has 0 aromatic heterocycles. The van der Waals surface area contributed by atoms with Crippen molar-refractivity contribution in [1.29, 1.82) is 0 Å². The third-order valence-electron chi connectivity index (χ3n) is 7.40. The van der Waals surface area contributed by atoms with Crippen molar-refractivity contribution in [2.75, 3.05) is 26.7 Å². The van der Waals surface area contributed by atoms with E-state index in [-0.39, 0.29) is 6.54 Å². The first-order valence-corrected chi connectivity index (χ1v) is 12.6. The number of methoxy groups -OCH3 is 1. The molecule has 1 aliphatic carbocycles. The van der Waals surface area contributed by atoms with Gasteiger partial charge < -0.3 is 15.0 Å². The number of nitrogens with zero attached hydrogens (tertiary/aromatic N) is 1. The van der Waals surface area contributed by atoms with Crippen molar-refractivity contribution in [2.24, 2.45) is 5.92 Å². The van der Waals surface area contributed by atoms with Gasteiger partial charge in [0.25, 0.3) is 0 Å². The molecule has 4 aliphatic rings. The molecule has 178 valence electrons. The fourth-order valence-corrected chi connectivity index (χ4v) is 6.99. The molecule has 0 radical (unpaired) electrons. The Morgan fingerprint density at radius 1 is 1.31 bits per heavy atom. The quantitative estimate of drug-likeness (QED) is 0.486. The molecule has 0 spiro atoms. The summed E-state index contributed by atoms with van der Waals surface area (Å²) in [4.78, 5) is 15.5. The summed E-state index contributed by atoms with van der Waals surface area (Å²) < 4.78 is 46.4. The molecule has 0 aromatic rings. The molecule has 1 saturated heterocycles. The molecule has 1 N–H and O–H groups in total. The summed E-state index contributed by atoms with van der Waals surface area (Å²) >= 11 is 1.65. The van der Waals surface area contributed by atoms with Gasteiger partial charge in [0.15, 0.2) is 0 Å². The fourth-order valence-electron chi connectivity index (χ4n) is 5.82. The van der Waals surface area contributed by atoms with Crippen molar-refractivity contribution in [3.63, 3.8) is 0 Å². The Morgan fingerprint density at radius 3 is 2.81 bits per heavy atom. The van der Waals surface area contributed by atoms with Gasteiger partial charge in [-0.2, -0.15) is 13.2 Å². The maximum Gasteiger partial charge on any atom is 0.450 e. The number of rotatable bonds is 8. The average Bonchev–Trinajstić information content (AvgIpc) is 2.93. The van der Waals surface area contributed by atoms with E-state index in [2.05, 4.69) is 17.1 Å². The second-order valence-electron chi connectivity index (χ2n) is 9.23. The summed E-state index contributed by atoms with van der Waals surface area (Å²) in [5.74, 6) is -2.74. The molecule has 3 heterocycles. The van der Waals surface area contributed by atoms with E-state index in [1.807, 2.05) is 11.5 Å². The maximum absolute atomic E-state index is 13.4. The zero-order valence-corrected chi connectivity index (χ0v) is 19.7. The van der Waals surface area contributed by atoms with Gasteiger partial charge in [-0.05, 0) is 35.8 Å². The van der Waals surface area contributed by atoms with Crippen LogP contribution in [0, 0.1) is 5.92 Å². The van der Waals surface area contributed by atoms with Crippen LogP contribution in [0.3, 0.4) is 0 Å². The summed E-state index contributed by atoms with van der Waals surface area (Å²) in [6, 6.07) is -0.522. The van der Waals surface area contributed by atoms with Gasteiger partial charge >= 0.3 is 6.18 Å². The Labute approximate surface area is 192 Å². The molecule has 3 unspecified atom stereocenters. The van der Waals surface area contributed by atoms with E-state index < -0.39 is 29.5 Å². The smallest absolute Gasteiger partial charge is 0.373 e. The highest BCUT2D eigenvalue weighted by molar-refractivity contribution is 8.06. The van der Waals surface area contributed by atoms with Gasteiger partial charge in [-0.3, -0.25) is 4.79 Å². The lowest BCUT2D eigenvalue weighted by atomic mass is 9.80. The first kappa shape index (κ1) is 23.9. The number of nitrogens with one attached hydrogen (secondary N) is 1. The molecule has 0 aromatic carbocycles. The number of fused-ring (bicyclic) bond motifs is 2. The lowest BCUT2D eigenvalue weighted by molar-refractivity contribution is -0.177. The van der Waals surface area contributed by atoms with Crippen molar-refractivity contribution in [3.8, 4) is 0 Å². The Hall–Kier alpha value is -1.25. The molecule has 0 saturated carbocycles. The number of allylic oxidation sites excluding steroid dienone is 1. The summed E-state index contributed by atoms with van der Waals surface area (Å²) in [6.45, 7) is 3.32. The molecule has 3 atom stereocenters. The molecule has 4 nitrogen and oxygen atoms in total. The number of piperidine rings is 1. The van der Waals surface area contributed by atoms with E-state index in [1.54, 1.807) is 18.9 Å². The van der Waals surface area contributed by atoms with Crippen molar-refractivity contribution in [1.82, 2.24) is 10.2 Å². The number of ketones is 1. The van der Waals surface area contributed by atoms with Crippen molar-refractivity contribution < 1.29 is 22.7 Å². The topological polar surface area (TPSA) is 41.6 Å². The molecule has 4 rings (SSSR count). The zero-order valence-electron chi connectivity index (χ0n) is 18.9. The molecule has 8 heteroatoms. The van der Waals surface area contributed by atoms with Crippen LogP contribution in [0.5, 0.6) is 0 Å². The molecule has 32 heavy (non-hydrogen) atoms. The first-order chi connectivity index (χ1) is 15.3. The number of carbonyl (C=O) groups is 1. The van der Waals surface area contributed by atoms with Crippen LogP contribution in [0.15, 0.2) is 33.2 Å². The van der Waals surface area contributed by atoms with Gasteiger partial charge in [0, 0.05) is 31.6 Å². The molecular weight excluding hydrogens is 437 g/mol. The minimum atomic E-state index is -4.82. The Kier molecular flexibility index (Phi) is 7.13. The average molecular weight is 471 g/mol. The van der Waals surface area contributed by atoms with E-state index in [4.69, 9.17) is 4.74 Å². The highest BCUT2D eigenvalue weighted by Crippen LogP contribution is 2.55. The SMILES string of the molecule is CCCCCCCC1(OC)CCC2=C3CNCC(C(=O)C(F)(F)F)C3N3CC=CSC1=C23. The molecular formula is C24H33F3N2O2S. The van der Waals surface area contributed by atoms with Gasteiger partial charge in [0.1, 0.15) is 5.60 Å². The fraction of sp³-hybridized carbons (Fsp3) is 0.708. The van der Waals surface area contributed by atoms with Crippen LogP contribution in [0.1, 0.15) is 58.3 Å². The maximum atomic E-state index is 13.4. The number of Topliss-reactive ketones (excluding diaryl/α,β-unsaturated/α-hetero) is 1. The van der Waals surface area contributed by atoms with E-state index >= 15 is 0 Å². The van der Waals surface area contributed by atoms with E-state index in [0.717, 1.165) is 53.9 Å². The van der Waals surface area contributed by atoms with Gasteiger partial charge in [-0.15, -0.1) is 0 Å². The summed E-state index contributed by atoms with van der Waals surface area (Å²) in [5, 5.41) is 5.13. The van der Waals surface area contributed by atoms with Crippen molar-refractivity contribution in [2.45, 2.75) is 76.1 Å². The van der Waals surface area contributed by atoms with Gasteiger partial charge in [-0.25, -0.2) is 0 Å². The van der Waals surface area contributed by atoms with Crippen LogP contribution in [0.25, 0.3) is 0 Å². The van der Waals surface area contributed by atoms with Gasteiger partial charge in [-0.1, -0.05) is 56.9 Å². The largest absolute Gasteiger partial charge is 0.450 e. The highest BCUT2D eigenvalue weighted by Gasteiger charge is 2.55. The Bertz CT molecular complexity index is 836. The lowest BCUT2D eigenvalue weighted by Crippen LogP contribution is -2.53. The standard InChI is InChI=1S/C24H33F3N2O2S/c1-3-4-5-6-7-10-23(31-2)11-9-16-17-14-28-15-18(21(30)24(25,26)27)19(17)29-12-8-13-32-22(23)20(16)29/h8,13,18-19,28H,3-7,9-12,14-15H2,1-2H3. The van der Waals surface area contributed by atoms with Gasteiger partial charge in [0.2, 0.25) is 5.78 Å². The summed E-state index contributed by atoms with van der Waals surface area (Å²) in [5.41, 5.74) is 2.72. The van der Waals surface area contributed by atoms with E-state index in [0.29, 0.717) is 13.1 Å². The minimum Gasteiger partial charge on any atom is -0.373 e. The van der Waals surface area contributed by atoms with Crippen molar-refractivity contribution >= 4 is 17.5 Å². The van der Waals surface area contributed by atoms with Crippen molar-refractivity contribution in [3.05, 3.63) is 33.2 Å². The van der Waals surface area contributed by atoms with Crippen LogP contribution in [-0.4, -0.2) is 55.2 Å². The third-order valence-corrected chi connectivity index (χ3v) is 8.53. The predicted molar refractivity (Wildman–Crippen MR) is 121 cm³/mol. The third kappa shape index (κ3) is 4.18. The van der Waals surface area contributed by atoms with Crippen LogP contribution in [0.4, 0.5) is 13.2 Å². The Morgan fingerprint density at radius 2 is 2.09 bits per heavy atom. The number of halogens is 3. The van der Waals surface area contributed by atoms with E-state index in [9.17, 15) is 18.0 Å². The molecule has 0 amide bonds. The number of carbonyl (C=O) groups excluding carboxylic acids is 1. The predicted octanol–water partition coefficient (Wildman–Crippen LogP) is 5.33. The van der Waals surface area contributed by atoms with Crippen LogP contribution < -0.4 is 5.32 Å². The molecule has 1 fully saturated rings. The number of hydrogen-bond donors (Lipinski definition) is 1. The number of hydrogen-bond acceptors (Lipinski definition) is 5. The molecule has 3 aliphatic heterocycles. The zero-order chi connectivity index (χ0) is 22.9. The van der Waals surface area contributed by atoms with Crippen LogP contribution >= 0.6 is 11.8 Å². The van der Waals surface area contributed by atoms with Crippen LogP contribution in [-0.2, 0) is 9.53 Å². The van der Waals surface area contributed by atoms with Gasteiger partial charge in [0.05, 0.1) is 17.7 Å². The summed E-state index contributed by atoms with van der Waals surface area (Å²) in [6.07, 6.45) is 5.58. The molecule has 0 bridgehead atoms. The summed E-state index contributed by atoms with van der Waals surface area (Å²) in [7, 11) is 1.76.